The first kappa shape index (κ1) is 18.5. The van der Waals surface area contributed by atoms with Gasteiger partial charge >= 0.3 is 0 Å². The van der Waals surface area contributed by atoms with Gasteiger partial charge in [-0.1, -0.05) is 30.3 Å². The Morgan fingerprint density at radius 3 is 2.15 bits per heavy atom. The summed E-state index contributed by atoms with van der Waals surface area (Å²) in [6, 6.07) is 19.2. The summed E-state index contributed by atoms with van der Waals surface area (Å²) in [5.74, 6) is 0.618. The smallest absolute Gasteiger partial charge is 0.251 e. The van der Waals surface area contributed by atoms with Gasteiger partial charge in [0.2, 0.25) is 5.91 Å². The standard InChI is InChI=1S/C22H22N2O3/c1-15(25)23-13-16-3-6-18(7-4-16)22(26)24-14-17-5-8-20-12-21(27-2)10-9-19(20)11-17/h3-12H,13-14H2,1-2H3,(H,23,25)(H,24,26). The third-order valence-electron chi connectivity index (χ3n) is 4.32. The molecule has 2 N–H and O–H groups in total. The summed E-state index contributed by atoms with van der Waals surface area (Å²) in [6.45, 7) is 2.39. The molecule has 0 atom stereocenters. The normalized spacial score (nSPS) is 10.4. The van der Waals surface area contributed by atoms with E-state index in [0.29, 0.717) is 18.7 Å². The maximum absolute atomic E-state index is 12.3. The lowest BCUT2D eigenvalue weighted by Gasteiger charge is -2.08. The molecule has 0 spiro atoms. The minimum atomic E-state index is -0.129. The number of fused-ring (bicyclic) bond motifs is 1. The molecule has 5 nitrogen and oxygen atoms in total. The van der Waals surface area contributed by atoms with Gasteiger partial charge in [0.25, 0.3) is 5.91 Å². The van der Waals surface area contributed by atoms with E-state index in [2.05, 4.69) is 16.7 Å². The molecule has 138 valence electrons. The average Bonchev–Trinajstić information content (AvgIpc) is 2.70. The monoisotopic (exact) mass is 362 g/mol. The Kier molecular flexibility index (Phi) is 5.71. The molecule has 0 radical (unpaired) electrons. The van der Waals surface area contributed by atoms with Gasteiger partial charge in [-0.2, -0.15) is 0 Å². The molecule has 3 aromatic carbocycles. The van der Waals surface area contributed by atoms with Gasteiger partial charge in [-0.15, -0.1) is 0 Å². The van der Waals surface area contributed by atoms with Crippen LogP contribution in [0, 0.1) is 0 Å². The van der Waals surface area contributed by atoms with Gasteiger partial charge in [-0.25, -0.2) is 0 Å². The summed E-state index contributed by atoms with van der Waals surface area (Å²) in [4.78, 5) is 23.3. The van der Waals surface area contributed by atoms with E-state index in [1.54, 1.807) is 19.2 Å². The first-order valence-corrected chi connectivity index (χ1v) is 8.73. The van der Waals surface area contributed by atoms with Crippen LogP contribution < -0.4 is 15.4 Å². The second kappa shape index (κ2) is 8.36. The molecule has 0 saturated carbocycles. The van der Waals surface area contributed by atoms with Crippen LogP contribution in [0.3, 0.4) is 0 Å². The highest BCUT2D eigenvalue weighted by atomic mass is 16.5. The number of ether oxygens (including phenoxy) is 1. The van der Waals surface area contributed by atoms with Crippen molar-refractivity contribution in [3.63, 3.8) is 0 Å². The van der Waals surface area contributed by atoms with Gasteiger partial charge in [0, 0.05) is 25.6 Å². The molecule has 2 amide bonds. The molecule has 0 unspecified atom stereocenters. The maximum atomic E-state index is 12.3. The first-order valence-electron chi connectivity index (χ1n) is 8.73. The molecule has 5 heteroatoms. The predicted octanol–water partition coefficient (Wildman–Crippen LogP) is 3.41. The maximum Gasteiger partial charge on any atom is 0.251 e. The second-order valence-corrected chi connectivity index (χ2v) is 6.34. The van der Waals surface area contributed by atoms with E-state index in [1.807, 2.05) is 42.5 Å². The highest BCUT2D eigenvalue weighted by Crippen LogP contribution is 2.21. The summed E-state index contributed by atoms with van der Waals surface area (Å²) in [7, 11) is 1.65. The van der Waals surface area contributed by atoms with Crippen molar-refractivity contribution >= 4 is 22.6 Å². The van der Waals surface area contributed by atoms with Crippen molar-refractivity contribution < 1.29 is 14.3 Å². The summed E-state index contributed by atoms with van der Waals surface area (Å²) in [6.07, 6.45) is 0. The van der Waals surface area contributed by atoms with Crippen molar-refractivity contribution in [1.82, 2.24) is 10.6 Å². The van der Waals surface area contributed by atoms with E-state index in [4.69, 9.17) is 4.74 Å². The van der Waals surface area contributed by atoms with Crippen LogP contribution in [0.1, 0.15) is 28.4 Å². The second-order valence-electron chi connectivity index (χ2n) is 6.34. The van der Waals surface area contributed by atoms with Crippen LogP contribution in [0.15, 0.2) is 60.7 Å². The zero-order valence-corrected chi connectivity index (χ0v) is 15.4. The van der Waals surface area contributed by atoms with Gasteiger partial charge < -0.3 is 15.4 Å². The van der Waals surface area contributed by atoms with E-state index in [9.17, 15) is 9.59 Å². The molecule has 3 rings (SSSR count). The third-order valence-corrected chi connectivity index (χ3v) is 4.32. The molecule has 0 heterocycles. The minimum Gasteiger partial charge on any atom is -0.497 e. The minimum absolute atomic E-state index is 0.0781. The number of carbonyl (C=O) groups is 2. The molecule has 27 heavy (non-hydrogen) atoms. The van der Waals surface area contributed by atoms with E-state index in [0.717, 1.165) is 27.6 Å². The molecule has 0 aromatic heterocycles. The van der Waals surface area contributed by atoms with E-state index in [1.165, 1.54) is 6.92 Å². The number of rotatable bonds is 6. The Labute approximate surface area is 158 Å². The Morgan fingerprint density at radius 2 is 1.44 bits per heavy atom. The van der Waals surface area contributed by atoms with Crippen molar-refractivity contribution in [3.8, 4) is 5.75 Å². The van der Waals surface area contributed by atoms with Crippen LogP contribution in [0.5, 0.6) is 5.75 Å². The van der Waals surface area contributed by atoms with E-state index in [-0.39, 0.29) is 11.8 Å². The molecule has 0 aliphatic heterocycles. The van der Waals surface area contributed by atoms with Crippen molar-refractivity contribution in [2.75, 3.05) is 7.11 Å². The molecule has 3 aromatic rings. The average molecular weight is 362 g/mol. The zero-order chi connectivity index (χ0) is 19.2. The fourth-order valence-corrected chi connectivity index (χ4v) is 2.80. The lowest BCUT2D eigenvalue weighted by molar-refractivity contribution is -0.119. The van der Waals surface area contributed by atoms with Crippen LogP contribution >= 0.6 is 0 Å². The molecule has 0 aliphatic rings. The van der Waals surface area contributed by atoms with E-state index >= 15 is 0 Å². The summed E-state index contributed by atoms with van der Waals surface area (Å²) in [5, 5.41) is 7.87. The SMILES string of the molecule is COc1ccc2cc(CNC(=O)c3ccc(CNC(C)=O)cc3)ccc2c1. The third kappa shape index (κ3) is 4.85. The summed E-state index contributed by atoms with van der Waals surface area (Å²) < 4.78 is 5.24. The molecular formula is C22H22N2O3. The molecule has 0 fully saturated rings. The fraction of sp³-hybridized carbons (Fsp3) is 0.182. The highest BCUT2D eigenvalue weighted by Gasteiger charge is 2.06. The van der Waals surface area contributed by atoms with Gasteiger partial charge in [-0.05, 0) is 52.2 Å². The van der Waals surface area contributed by atoms with Crippen LogP contribution in [0.4, 0.5) is 0 Å². The van der Waals surface area contributed by atoms with Crippen molar-refractivity contribution in [1.29, 1.82) is 0 Å². The lowest BCUT2D eigenvalue weighted by atomic mass is 10.1. The Morgan fingerprint density at radius 1 is 0.815 bits per heavy atom. The van der Waals surface area contributed by atoms with Gasteiger partial charge in [0.1, 0.15) is 5.75 Å². The van der Waals surface area contributed by atoms with Crippen LogP contribution in [-0.4, -0.2) is 18.9 Å². The first-order chi connectivity index (χ1) is 13.0. The number of hydrogen-bond acceptors (Lipinski definition) is 3. The fourth-order valence-electron chi connectivity index (χ4n) is 2.80. The molecular weight excluding hydrogens is 340 g/mol. The van der Waals surface area contributed by atoms with Gasteiger partial charge in [0.15, 0.2) is 0 Å². The summed E-state index contributed by atoms with van der Waals surface area (Å²) >= 11 is 0. The van der Waals surface area contributed by atoms with Crippen LogP contribution in [-0.2, 0) is 17.9 Å². The highest BCUT2D eigenvalue weighted by molar-refractivity contribution is 5.94. The number of methoxy groups -OCH3 is 1. The van der Waals surface area contributed by atoms with Crippen LogP contribution in [0.2, 0.25) is 0 Å². The Balaban J connectivity index is 1.61. The predicted molar refractivity (Wildman–Crippen MR) is 106 cm³/mol. The Bertz CT molecular complexity index is 965. The molecule has 0 bridgehead atoms. The van der Waals surface area contributed by atoms with Crippen molar-refractivity contribution in [2.45, 2.75) is 20.0 Å². The largest absolute Gasteiger partial charge is 0.497 e. The lowest BCUT2D eigenvalue weighted by Crippen LogP contribution is -2.23. The summed E-state index contributed by atoms with van der Waals surface area (Å²) in [5.41, 5.74) is 2.57. The number of nitrogens with one attached hydrogen (secondary N) is 2. The molecule has 0 aliphatic carbocycles. The zero-order valence-electron chi connectivity index (χ0n) is 15.4. The van der Waals surface area contributed by atoms with Gasteiger partial charge in [-0.3, -0.25) is 9.59 Å². The van der Waals surface area contributed by atoms with E-state index < -0.39 is 0 Å². The molecule has 0 saturated heterocycles. The van der Waals surface area contributed by atoms with Crippen molar-refractivity contribution in [3.05, 3.63) is 77.4 Å². The Hall–Kier alpha value is -3.34. The number of carbonyl (C=O) groups excluding carboxylic acids is 2. The quantitative estimate of drug-likeness (QED) is 0.706. The number of amides is 2. The van der Waals surface area contributed by atoms with Gasteiger partial charge in [0.05, 0.1) is 7.11 Å². The topological polar surface area (TPSA) is 67.4 Å². The van der Waals surface area contributed by atoms with Crippen LogP contribution in [0.25, 0.3) is 10.8 Å². The van der Waals surface area contributed by atoms with Crippen molar-refractivity contribution in [2.24, 2.45) is 0 Å². The number of benzene rings is 3. The number of hydrogen-bond donors (Lipinski definition) is 2.